The van der Waals surface area contributed by atoms with E-state index in [4.69, 9.17) is 11.6 Å². The molecule has 0 atom stereocenters. The fourth-order valence-electron chi connectivity index (χ4n) is 1.36. The molecular weight excluding hydrogens is 307 g/mol. The van der Waals surface area contributed by atoms with Gasteiger partial charge in [-0.05, 0) is 18.2 Å². The Balaban J connectivity index is 2.15. The lowest BCUT2D eigenvalue weighted by molar-refractivity contribution is 0.0606. The molecule has 1 aromatic carbocycles. The molecule has 2 rings (SSSR count). The smallest absolute Gasteiger partial charge is 0.349 e. The molecule has 8 heteroatoms. The van der Waals surface area contributed by atoms with Crippen LogP contribution >= 0.6 is 22.9 Å². The highest BCUT2D eigenvalue weighted by Crippen LogP contribution is 2.22. The molecule has 0 spiro atoms. The second-order valence-electron chi connectivity index (χ2n) is 3.60. The predicted molar refractivity (Wildman–Crippen MR) is 72.8 cm³/mol. The molecule has 0 aliphatic heterocycles. The minimum atomic E-state index is -0.541. The molecule has 0 fully saturated rings. The monoisotopic (exact) mass is 314 g/mol. The molecule has 0 saturated heterocycles. The van der Waals surface area contributed by atoms with Crippen molar-refractivity contribution in [3.05, 3.63) is 45.7 Å². The summed E-state index contributed by atoms with van der Waals surface area (Å²) in [7, 11) is 1.25. The number of esters is 1. The maximum atomic E-state index is 12.9. The number of thiazole rings is 1. The highest BCUT2D eigenvalue weighted by atomic mass is 35.5. The first kappa shape index (κ1) is 14.4. The van der Waals surface area contributed by atoms with E-state index in [1.54, 1.807) is 0 Å². The molecule has 1 amide bonds. The zero-order chi connectivity index (χ0) is 14.7. The van der Waals surface area contributed by atoms with E-state index < -0.39 is 17.7 Å². The quantitative estimate of drug-likeness (QED) is 0.884. The molecule has 0 aliphatic rings. The SMILES string of the molecule is COC(=O)c1cnc(NC(=O)c2ccc(F)cc2Cl)s1. The van der Waals surface area contributed by atoms with Crippen molar-refractivity contribution in [1.29, 1.82) is 0 Å². The lowest BCUT2D eigenvalue weighted by Crippen LogP contribution is -2.12. The number of anilines is 1. The van der Waals surface area contributed by atoms with E-state index in [-0.39, 0.29) is 20.6 Å². The van der Waals surface area contributed by atoms with Crippen molar-refractivity contribution in [2.75, 3.05) is 12.4 Å². The van der Waals surface area contributed by atoms with Crippen LogP contribution in [0.15, 0.2) is 24.4 Å². The van der Waals surface area contributed by atoms with Crippen molar-refractivity contribution >= 4 is 39.9 Å². The Labute approximate surface area is 122 Å². The Morgan fingerprint density at radius 2 is 2.20 bits per heavy atom. The first-order valence-electron chi connectivity index (χ1n) is 5.32. The van der Waals surface area contributed by atoms with E-state index in [9.17, 15) is 14.0 Å². The maximum absolute atomic E-state index is 12.9. The first-order chi connectivity index (χ1) is 9.51. The lowest BCUT2D eigenvalue weighted by atomic mass is 10.2. The minimum absolute atomic E-state index is 0.00718. The van der Waals surface area contributed by atoms with Gasteiger partial charge in [-0.15, -0.1) is 0 Å². The number of amides is 1. The van der Waals surface area contributed by atoms with Crippen LogP contribution in [0.4, 0.5) is 9.52 Å². The summed E-state index contributed by atoms with van der Waals surface area (Å²) in [5.74, 6) is -1.61. The molecule has 2 aromatic rings. The molecule has 0 unspecified atom stereocenters. The number of nitrogens with zero attached hydrogens (tertiary/aromatic N) is 1. The van der Waals surface area contributed by atoms with Gasteiger partial charge in [0.1, 0.15) is 10.7 Å². The van der Waals surface area contributed by atoms with Crippen LogP contribution in [0, 0.1) is 5.82 Å². The lowest BCUT2D eigenvalue weighted by Gasteiger charge is -2.03. The Bertz CT molecular complexity index is 674. The van der Waals surface area contributed by atoms with Crippen molar-refractivity contribution in [2.24, 2.45) is 0 Å². The summed E-state index contributed by atoms with van der Waals surface area (Å²) in [5, 5.41) is 2.68. The van der Waals surface area contributed by atoms with Crippen LogP contribution in [-0.4, -0.2) is 24.0 Å². The summed E-state index contributed by atoms with van der Waals surface area (Å²) in [6.07, 6.45) is 1.29. The summed E-state index contributed by atoms with van der Waals surface area (Å²) in [4.78, 5) is 27.3. The zero-order valence-electron chi connectivity index (χ0n) is 10.1. The van der Waals surface area contributed by atoms with Gasteiger partial charge in [-0.2, -0.15) is 0 Å². The van der Waals surface area contributed by atoms with E-state index in [1.807, 2.05) is 0 Å². The van der Waals surface area contributed by atoms with Crippen LogP contribution in [-0.2, 0) is 4.74 Å². The van der Waals surface area contributed by atoms with Gasteiger partial charge < -0.3 is 4.74 Å². The highest BCUT2D eigenvalue weighted by molar-refractivity contribution is 7.17. The fraction of sp³-hybridized carbons (Fsp3) is 0.0833. The molecular formula is C12H8ClFN2O3S. The van der Waals surface area contributed by atoms with Gasteiger partial charge in [0, 0.05) is 0 Å². The van der Waals surface area contributed by atoms with Crippen LogP contribution in [0.1, 0.15) is 20.0 Å². The molecule has 0 radical (unpaired) electrons. The number of hydrogen-bond donors (Lipinski definition) is 1. The summed E-state index contributed by atoms with van der Waals surface area (Å²) >= 11 is 6.74. The molecule has 0 aliphatic carbocycles. The van der Waals surface area contributed by atoms with Crippen molar-refractivity contribution in [1.82, 2.24) is 4.98 Å². The number of nitrogens with one attached hydrogen (secondary N) is 1. The average Bonchev–Trinajstić information content (AvgIpc) is 2.86. The normalized spacial score (nSPS) is 10.2. The van der Waals surface area contributed by atoms with Crippen molar-refractivity contribution in [3.8, 4) is 0 Å². The minimum Gasteiger partial charge on any atom is -0.465 e. The number of ether oxygens (including phenoxy) is 1. The highest BCUT2D eigenvalue weighted by Gasteiger charge is 2.15. The summed E-state index contributed by atoms with van der Waals surface area (Å²) in [6, 6.07) is 3.43. The Hall–Kier alpha value is -1.99. The van der Waals surface area contributed by atoms with E-state index in [0.717, 1.165) is 23.5 Å². The third kappa shape index (κ3) is 3.12. The third-order valence-corrected chi connectivity index (χ3v) is 3.49. The van der Waals surface area contributed by atoms with E-state index in [2.05, 4.69) is 15.0 Å². The summed E-state index contributed by atoms with van der Waals surface area (Å²) in [6.45, 7) is 0. The van der Waals surface area contributed by atoms with Crippen LogP contribution in [0.3, 0.4) is 0 Å². The second kappa shape index (κ2) is 5.98. The van der Waals surface area contributed by atoms with Crippen molar-refractivity contribution < 1.29 is 18.7 Å². The van der Waals surface area contributed by atoms with Crippen LogP contribution in [0.5, 0.6) is 0 Å². The third-order valence-electron chi connectivity index (χ3n) is 2.29. The number of aromatic nitrogens is 1. The Morgan fingerprint density at radius 3 is 2.85 bits per heavy atom. The van der Waals surface area contributed by atoms with Crippen LogP contribution < -0.4 is 5.32 Å². The standard InChI is InChI=1S/C12H8ClFN2O3S/c1-19-11(18)9-5-15-12(20-9)16-10(17)7-3-2-6(14)4-8(7)13/h2-5H,1H3,(H,15,16,17). The molecule has 1 aromatic heterocycles. The van der Waals surface area contributed by atoms with Gasteiger partial charge in [0.2, 0.25) is 0 Å². The van der Waals surface area contributed by atoms with Crippen molar-refractivity contribution in [2.45, 2.75) is 0 Å². The average molecular weight is 315 g/mol. The largest absolute Gasteiger partial charge is 0.465 e. The molecule has 104 valence electrons. The predicted octanol–water partition coefficient (Wildman–Crippen LogP) is 2.97. The number of carbonyl (C=O) groups is 2. The number of rotatable bonds is 3. The molecule has 1 heterocycles. The van der Waals surface area contributed by atoms with Gasteiger partial charge in [0.15, 0.2) is 5.13 Å². The second-order valence-corrected chi connectivity index (χ2v) is 5.04. The van der Waals surface area contributed by atoms with E-state index >= 15 is 0 Å². The molecule has 20 heavy (non-hydrogen) atoms. The summed E-state index contributed by atoms with van der Waals surface area (Å²) < 4.78 is 17.4. The van der Waals surface area contributed by atoms with E-state index in [0.29, 0.717) is 0 Å². The van der Waals surface area contributed by atoms with Crippen molar-refractivity contribution in [3.63, 3.8) is 0 Å². The Kier molecular flexibility index (Phi) is 4.31. The molecule has 1 N–H and O–H groups in total. The number of benzene rings is 1. The topological polar surface area (TPSA) is 68.3 Å². The van der Waals surface area contributed by atoms with Gasteiger partial charge in [0.05, 0.1) is 23.9 Å². The molecule has 0 bridgehead atoms. The van der Waals surface area contributed by atoms with Crippen LogP contribution in [0.25, 0.3) is 0 Å². The maximum Gasteiger partial charge on any atom is 0.349 e. The molecule has 5 nitrogen and oxygen atoms in total. The number of carbonyl (C=O) groups excluding carboxylic acids is 2. The van der Waals surface area contributed by atoms with E-state index in [1.165, 1.54) is 19.4 Å². The number of hydrogen-bond acceptors (Lipinski definition) is 5. The van der Waals surface area contributed by atoms with Crippen LogP contribution in [0.2, 0.25) is 5.02 Å². The Morgan fingerprint density at radius 1 is 1.45 bits per heavy atom. The van der Waals surface area contributed by atoms with Gasteiger partial charge in [0.25, 0.3) is 5.91 Å². The fourth-order valence-corrected chi connectivity index (χ4v) is 2.35. The first-order valence-corrected chi connectivity index (χ1v) is 6.51. The van der Waals surface area contributed by atoms with Gasteiger partial charge in [-0.3, -0.25) is 10.1 Å². The van der Waals surface area contributed by atoms with Gasteiger partial charge in [-0.1, -0.05) is 22.9 Å². The zero-order valence-corrected chi connectivity index (χ0v) is 11.7. The van der Waals surface area contributed by atoms with Gasteiger partial charge in [-0.25, -0.2) is 14.2 Å². The number of methoxy groups -OCH3 is 1. The summed E-state index contributed by atoms with van der Waals surface area (Å²) in [5.41, 5.74) is 0.114. The van der Waals surface area contributed by atoms with Gasteiger partial charge >= 0.3 is 5.97 Å². The molecule has 0 saturated carbocycles. The number of halogens is 2.